The Labute approximate surface area is 94.9 Å². The highest BCUT2D eigenvalue weighted by atomic mass is 19.3. The highest BCUT2D eigenvalue weighted by Gasteiger charge is 2.50. The minimum atomic E-state index is -2.68. The number of nitrogens with zero attached hydrogens (tertiary/aromatic N) is 3. The van der Waals surface area contributed by atoms with Crippen molar-refractivity contribution in [2.75, 3.05) is 0 Å². The molecule has 16 heavy (non-hydrogen) atoms. The van der Waals surface area contributed by atoms with Crippen molar-refractivity contribution in [1.29, 1.82) is 0 Å². The molecule has 2 rings (SSSR count). The largest absolute Gasteiger partial charge is 0.274 e. The average molecular weight is 231 g/mol. The van der Waals surface area contributed by atoms with Crippen molar-refractivity contribution in [3.05, 3.63) is 0 Å². The van der Waals surface area contributed by atoms with Crippen LogP contribution in [0.1, 0.15) is 46.0 Å². The number of hydrogen-bond donors (Lipinski definition) is 0. The van der Waals surface area contributed by atoms with Crippen LogP contribution in [-0.2, 0) is 0 Å². The highest BCUT2D eigenvalue weighted by molar-refractivity contribution is 4.97. The first-order valence-electron chi connectivity index (χ1n) is 6.09. The summed E-state index contributed by atoms with van der Waals surface area (Å²) in [6, 6.07) is -0.973. The lowest BCUT2D eigenvalue weighted by Gasteiger charge is -2.33. The molecule has 0 amide bonds. The van der Waals surface area contributed by atoms with Crippen LogP contribution in [0, 0.1) is 0 Å². The Hall–Kier alpha value is -0.740. The van der Waals surface area contributed by atoms with Crippen molar-refractivity contribution in [1.82, 2.24) is 5.01 Å². The molecule has 1 fully saturated rings. The van der Waals surface area contributed by atoms with E-state index in [1.54, 1.807) is 5.01 Å². The van der Waals surface area contributed by atoms with Crippen LogP contribution in [0.15, 0.2) is 10.3 Å². The van der Waals surface area contributed by atoms with Crippen molar-refractivity contribution >= 4 is 0 Å². The van der Waals surface area contributed by atoms with Gasteiger partial charge >= 0.3 is 0 Å². The van der Waals surface area contributed by atoms with Gasteiger partial charge in [0.15, 0.2) is 6.04 Å². The summed E-state index contributed by atoms with van der Waals surface area (Å²) in [5.41, 5.74) is 0. The third-order valence-corrected chi connectivity index (χ3v) is 3.46. The lowest BCUT2D eigenvalue weighted by molar-refractivity contribution is -0.0559. The minimum absolute atomic E-state index is 0.0425. The molecule has 1 aliphatic carbocycles. The van der Waals surface area contributed by atoms with Crippen molar-refractivity contribution in [3.8, 4) is 0 Å². The van der Waals surface area contributed by atoms with Crippen LogP contribution >= 0.6 is 0 Å². The van der Waals surface area contributed by atoms with Gasteiger partial charge < -0.3 is 0 Å². The maximum Gasteiger partial charge on any atom is 0.274 e. The molecule has 92 valence electrons. The summed E-state index contributed by atoms with van der Waals surface area (Å²) in [6.45, 7) is 3.94. The molecule has 1 saturated carbocycles. The monoisotopic (exact) mass is 231 g/mol. The van der Waals surface area contributed by atoms with E-state index in [1.807, 2.05) is 13.8 Å². The van der Waals surface area contributed by atoms with E-state index in [4.69, 9.17) is 0 Å². The molecule has 2 unspecified atom stereocenters. The maximum absolute atomic E-state index is 13.9. The fraction of sp³-hybridized carbons (Fsp3) is 1.00. The summed E-state index contributed by atoms with van der Waals surface area (Å²) >= 11 is 0. The predicted molar refractivity (Wildman–Crippen MR) is 57.4 cm³/mol. The molecule has 0 radical (unpaired) electrons. The van der Waals surface area contributed by atoms with Gasteiger partial charge in [-0.3, -0.25) is 5.01 Å². The van der Waals surface area contributed by atoms with E-state index in [2.05, 4.69) is 10.3 Å². The van der Waals surface area contributed by atoms with E-state index < -0.39 is 12.0 Å². The van der Waals surface area contributed by atoms with Crippen LogP contribution in [-0.4, -0.2) is 29.1 Å². The molecular formula is C11H19F2N3. The van der Waals surface area contributed by atoms with Crippen LogP contribution in [0.4, 0.5) is 8.78 Å². The van der Waals surface area contributed by atoms with Gasteiger partial charge in [0.2, 0.25) is 0 Å². The topological polar surface area (TPSA) is 28.0 Å². The predicted octanol–water partition coefficient (Wildman–Crippen LogP) is 3.41. The van der Waals surface area contributed by atoms with Gasteiger partial charge in [0.1, 0.15) is 0 Å². The van der Waals surface area contributed by atoms with E-state index >= 15 is 0 Å². The Balaban J connectivity index is 2.18. The van der Waals surface area contributed by atoms with Gasteiger partial charge in [-0.05, 0) is 26.7 Å². The number of halogens is 2. The average Bonchev–Trinajstić information content (AvgIpc) is 2.59. The smallest absolute Gasteiger partial charge is 0.271 e. The maximum atomic E-state index is 13.9. The van der Waals surface area contributed by atoms with Gasteiger partial charge in [0.25, 0.3) is 5.92 Å². The second kappa shape index (κ2) is 4.26. The molecule has 2 atom stereocenters. The van der Waals surface area contributed by atoms with Gasteiger partial charge in [-0.25, -0.2) is 8.78 Å². The Bertz CT molecular complexity index is 278. The number of rotatable bonds is 1. The highest BCUT2D eigenvalue weighted by Crippen LogP contribution is 2.39. The SMILES string of the molecule is CC(C)N1N=NC2C1CCCCCC2(F)F. The van der Waals surface area contributed by atoms with E-state index in [0.29, 0.717) is 6.42 Å². The number of fused-ring (bicyclic) bond motifs is 1. The summed E-state index contributed by atoms with van der Waals surface area (Å²) in [6.07, 6.45) is 3.24. The van der Waals surface area contributed by atoms with Crippen molar-refractivity contribution in [2.45, 2.75) is 70.0 Å². The van der Waals surface area contributed by atoms with E-state index in [0.717, 1.165) is 19.3 Å². The lowest BCUT2D eigenvalue weighted by Crippen LogP contribution is -2.47. The molecule has 2 aliphatic rings. The van der Waals surface area contributed by atoms with Crippen LogP contribution in [0.5, 0.6) is 0 Å². The molecule has 0 N–H and O–H groups in total. The van der Waals surface area contributed by atoms with Crippen LogP contribution in [0.25, 0.3) is 0 Å². The molecular weight excluding hydrogens is 212 g/mol. The number of hydrogen-bond acceptors (Lipinski definition) is 3. The van der Waals surface area contributed by atoms with Crippen LogP contribution < -0.4 is 0 Å². The summed E-state index contributed by atoms with van der Waals surface area (Å²) in [5, 5.41) is 9.51. The van der Waals surface area contributed by atoms with Gasteiger partial charge in [-0.1, -0.05) is 18.1 Å². The van der Waals surface area contributed by atoms with Gasteiger partial charge in [-0.2, -0.15) is 5.11 Å². The quantitative estimate of drug-likeness (QED) is 0.679. The Morgan fingerprint density at radius 1 is 1.25 bits per heavy atom. The second-order valence-electron chi connectivity index (χ2n) is 5.05. The van der Waals surface area contributed by atoms with Crippen molar-refractivity contribution in [3.63, 3.8) is 0 Å². The lowest BCUT2D eigenvalue weighted by atomic mass is 9.89. The first-order chi connectivity index (χ1) is 7.52. The van der Waals surface area contributed by atoms with Gasteiger partial charge in [0, 0.05) is 12.5 Å². The Kier molecular flexibility index (Phi) is 3.13. The third kappa shape index (κ3) is 2.04. The Morgan fingerprint density at radius 2 is 2.00 bits per heavy atom. The molecule has 0 saturated heterocycles. The fourth-order valence-electron chi connectivity index (χ4n) is 2.58. The third-order valence-electron chi connectivity index (χ3n) is 3.46. The zero-order chi connectivity index (χ0) is 11.8. The first-order valence-corrected chi connectivity index (χ1v) is 6.09. The summed E-state index contributed by atoms with van der Waals surface area (Å²) in [4.78, 5) is 0. The van der Waals surface area contributed by atoms with Crippen LogP contribution in [0.3, 0.4) is 0 Å². The number of alkyl halides is 2. The van der Waals surface area contributed by atoms with Crippen molar-refractivity contribution < 1.29 is 8.78 Å². The molecule has 0 aromatic carbocycles. The molecule has 3 nitrogen and oxygen atoms in total. The summed E-state index contributed by atoms with van der Waals surface area (Å²) < 4.78 is 27.7. The molecule has 0 aromatic rings. The van der Waals surface area contributed by atoms with Gasteiger partial charge in [-0.15, -0.1) is 0 Å². The van der Waals surface area contributed by atoms with Gasteiger partial charge in [0.05, 0.1) is 6.04 Å². The normalized spacial score (nSPS) is 33.7. The molecule has 1 heterocycles. The fourth-order valence-corrected chi connectivity index (χ4v) is 2.58. The molecule has 0 bridgehead atoms. The first kappa shape index (κ1) is 11.7. The van der Waals surface area contributed by atoms with Crippen molar-refractivity contribution in [2.24, 2.45) is 10.3 Å². The summed E-state index contributed by atoms with van der Waals surface area (Å²) in [5.74, 6) is -2.68. The molecule has 0 spiro atoms. The molecule has 1 aliphatic heterocycles. The zero-order valence-corrected chi connectivity index (χ0v) is 9.87. The van der Waals surface area contributed by atoms with E-state index in [1.165, 1.54) is 0 Å². The van der Waals surface area contributed by atoms with Crippen LogP contribution in [0.2, 0.25) is 0 Å². The summed E-state index contributed by atoms with van der Waals surface area (Å²) in [7, 11) is 0. The zero-order valence-electron chi connectivity index (χ0n) is 9.87. The standard InChI is InChI=1S/C11H19F2N3/c1-8(2)16-9-6-4-3-5-7-11(12,13)10(9)14-15-16/h8-10H,3-7H2,1-2H3. The van der Waals surface area contributed by atoms with E-state index in [-0.39, 0.29) is 18.5 Å². The minimum Gasteiger partial charge on any atom is -0.271 e. The van der Waals surface area contributed by atoms with E-state index in [9.17, 15) is 8.78 Å². The second-order valence-corrected chi connectivity index (χ2v) is 5.05. The molecule has 0 aromatic heterocycles. The Morgan fingerprint density at radius 3 is 2.69 bits per heavy atom. The molecule has 5 heteroatoms.